The second-order valence-electron chi connectivity index (χ2n) is 6.19. The summed E-state index contributed by atoms with van der Waals surface area (Å²) in [6.07, 6.45) is 9.00. The molecule has 1 amide bonds. The van der Waals surface area contributed by atoms with Gasteiger partial charge in [0.25, 0.3) is 0 Å². The Balaban J connectivity index is 2.35. The fraction of sp³-hybridized carbons (Fsp3) is 0.875. The van der Waals surface area contributed by atoms with Gasteiger partial charge in [0.1, 0.15) is 6.04 Å². The topological polar surface area (TPSA) is 78.4 Å². The highest BCUT2D eigenvalue weighted by atomic mass is 16.4. The second-order valence-corrected chi connectivity index (χ2v) is 6.19. The van der Waals surface area contributed by atoms with Gasteiger partial charge in [0.2, 0.25) is 5.91 Å². The maximum absolute atomic E-state index is 12.0. The van der Waals surface area contributed by atoms with E-state index < -0.39 is 12.0 Å². The van der Waals surface area contributed by atoms with E-state index in [1.54, 1.807) is 0 Å². The zero-order chi connectivity index (χ0) is 15.7. The zero-order valence-corrected chi connectivity index (χ0v) is 13.4. The Hall–Kier alpha value is -1.10. The molecule has 5 nitrogen and oxygen atoms in total. The van der Waals surface area contributed by atoms with Crippen LogP contribution in [0.5, 0.6) is 0 Å². The third kappa shape index (κ3) is 6.93. The van der Waals surface area contributed by atoms with Crippen molar-refractivity contribution in [1.82, 2.24) is 10.6 Å². The first-order valence-corrected chi connectivity index (χ1v) is 8.30. The minimum Gasteiger partial charge on any atom is -0.480 e. The molecule has 1 saturated carbocycles. The van der Waals surface area contributed by atoms with Crippen LogP contribution in [0.1, 0.15) is 65.2 Å². The molecule has 2 atom stereocenters. The lowest BCUT2D eigenvalue weighted by atomic mass is 9.96. The van der Waals surface area contributed by atoms with Crippen LogP contribution in [0.15, 0.2) is 0 Å². The van der Waals surface area contributed by atoms with Crippen molar-refractivity contribution in [2.24, 2.45) is 5.92 Å². The van der Waals surface area contributed by atoms with Gasteiger partial charge in [-0.1, -0.05) is 52.4 Å². The van der Waals surface area contributed by atoms with Crippen LogP contribution in [-0.2, 0) is 9.59 Å². The number of carbonyl (C=O) groups excluding carboxylic acids is 1. The Morgan fingerprint density at radius 3 is 2.24 bits per heavy atom. The third-order valence-corrected chi connectivity index (χ3v) is 4.43. The van der Waals surface area contributed by atoms with Crippen LogP contribution in [0.2, 0.25) is 0 Å². The van der Waals surface area contributed by atoms with Gasteiger partial charge in [0, 0.05) is 6.04 Å². The predicted octanol–water partition coefficient (Wildman–Crippen LogP) is 2.30. The molecule has 0 aromatic heterocycles. The summed E-state index contributed by atoms with van der Waals surface area (Å²) >= 11 is 0. The van der Waals surface area contributed by atoms with Gasteiger partial charge in [-0.05, 0) is 18.8 Å². The van der Waals surface area contributed by atoms with E-state index >= 15 is 0 Å². The number of hydrogen-bond acceptors (Lipinski definition) is 3. The molecule has 1 aliphatic carbocycles. The smallest absolute Gasteiger partial charge is 0.320 e. The maximum Gasteiger partial charge on any atom is 0.320 e. The Labute approximate surface area is 127 Å². The first-order chi connectivity index (χ1) is 10.0. The Kier molecular flexibility index (Phi) is 8.35. The molecule has 5 heteroatoms. The molecule has 0 saturated heterocycles. The number of aliphatic carboxylic acids is 1. The van der Waals surface area contributed by atoms with E-state index in [0.717, 1.165) is 19.3 Å². The summed E-state index contributed by atoms with van der Waals surface area (Å²) in [6.45, 7) is 3.92. The monoisotopic (exact) mass is 298 g/mol. The van der Waals surface area contributed by atoms with Gasteiger partial charge < -0.3 is 10.4 Å². The van der Waals surface area contributed by atoms with Crippen molar-refractivity contribution in [1.29, 1.82) is 0 Å². The van der Waals surface area contributed by atoms with Crippen LogP contribution in [0, 0.1) is 5.92 Å². The fourth-order valence-corrected chi connectivity index (χ4v) is 2.85. The van der Waals surface area contributed by atoms with E-state index in [1.807, 2.05) is 13.8 Å². The normalized spacial score (nSPS) is 20.1. The van der Waals surface area contributed by atoms with E-state index in [2.05, 4.69) is 10.6 Å². The van der Waals surface area contributed by atoms with E-state index in [1.165, 1.54) is 32.1 Å². The lowest BCUT2D eigenvalue weighted by Crippen LogP contribution is -2.48. The van der Waals surface area contributed by atoms with Gasteiger partial charge in [-0.3, -0.25) is 14.9 Å². The van der Waals surface area contributed by atoms with E-state index in [0.29, 0.717) is 0 Å². The van der Waals surface area contributed by atoms with Gasteiger partial charge >= 0.3 is 5.97 Å². The molecule has 0 bridgehead atoms. The Morgan fingerprint density at radius 2 is 1.71 bits per heavy atom. The van der Waals surface area contributed by atoms with E-state index in [9.17, 15) is 14.7 Å². The molecule has 0 aromatic carbocycles. The highest BCUT2D eigenvalue weighted by Crippen LogP contribution is 2.17. The van der Waals surface area contributed by atoms with Crippen LogP contribution in [0.25, 0.3) is 0 Å². The standard InChI is InChI=1S/C16H30N2O3/c1-3-12(2)15(16(20)21)17-11-14(19)18-13-9-7-5-4-6-8-10-13/h12-13,15,17H,3-11H2,1-2H3,(H,18,19)(H,20,21)/t12-,15-/m0/s1. The van der Waals surface area contributed by atoms with Crippen molar-refractivity contribution in [3.8, 4) is 0 Å². The Bertz CT molecular complexity index is 325. The summed E-state index contributed by atoms with van der Waals surface area (Å²) in [7, 11) is 0. The molecule has 122 valence electrons. The minimum absolute atomic E-state index is 0.0108. The van der Waals surface area contributed by atoms with Crippen molar-refractivity contribution in [3.05, 3.63) is 0 Å². The van der Waals surface area contributed by atoms with Crippen LogP contribution in [0.4, 0.5) is 0 Å². The first kappa shape index (κ1) is 18.0. The molecule has 1 fully saturated rings. The summed E-state index contributed by atoms with van der Waals surface area (Å²) in [5, 5.41) is 15.1. The van der Waals surface area contributed by atoms with Gasteiger partial charge in [0.05, 0.1) is 6.54 Å². The number of carbonyl (C=O) groups is 2. The average Bonchev–Trinajstić information content (AvgIpc) is 2.41. The van der Waals surface area contributed by atoms with Gasteiger partial charge in [0.15, 0.2) is 0 Å². The molecule has 0 aliphatic heterocycles. The van der Waals surface area contributed by atoms with Crippen molar-refractivity contribution < 1.29 is 14.7 Å². The van der Waals surface area contributed by atoms with Crippen LogP contribution >= 0.6 is 0 Å². The molecule has 1 aliphatic rings. The summed E-state index contributed by atoms with van der Waals surface area (Å²) in [5.74, 6) is -0.963. The summed E-state index contributed by atoms with van der Waals surface area (Å²) in [5.41, 5.74) is 0. The third-order valence-electron chi connectivity index (χ3n) is 4.43. The quantitative estimate of drug-likeness (QED) is 0.674. The number of carboxylic acids is 1. The molecule has 0 unspecified atom stereocenters. The summed E-state index contributed by atoms with van der Waals surface area (Å²) in [6, 6.07) is -0.399. The molecule has 0 heterocycles. The van der Waals surface area contributed by atoms with Crippen LogP contribution in [0.3, 0.4) is 0 Å². The molecule has 1 rings (SSSR count). The van der Waals surface area contributed by atoms with Crippen LogP contribution in [-0.4, -0.2) is 35.6 Å². The largest absolute Gasteiger partial charge is 0.480 e. The van der Waals surface area contributed by atoms with Gasteiger partial charge in [-0.25, -0.2) is 0 Å². The van der Waals surface area contributed by atoms with Crippen molar-refractivity contribution in [3.63, 3.8) is 0 Å². The minimum atomic E-state index is -0.886. The van der Waals surface area contributed by atoms with E-state index in [-0.39, 0.29) is 24.4 Å². The summed E-state index contributed by atoms with van der Waals surface area (Å²) < 4.78 is 0. The second kappa shape index (κ2) is 9.77. The molecular weight excluding hydrogens is 268 g/mol. The van der Waals surface area contributed by atoms with E-state index in [4.69, 9.17) is 0 Å². The van der Waals surface area contributed by atoms with Crippen molar-refractivity contribution in [2.45, 2.75) is 77.3 Å². The highest BCUT2D eigenvalue weighted by molar-refractivity contribution is 5.80. The van der Waals surface area contributed by atoms with Crippen molar-refractivity contribution >= 4 is 11.9 Å². The van der Waals surface area contributed by atoms with Gasteiger partial charge in [-0.15, -0.1) is 0 Å². The highest BCUT2D eigenvalue weighted by Gasteiger charge is 2.24. The van der Waals surface area contributed by atoms with Gasteiger partial charge in [-0.2, -0.15) is 0 Å². The molecule has 0 aromatic rings. The maximum atomic E-state index is 12.0. The molecule has 21 heavy (non-hydrogen) atoms. The lowest BCUT2D eigenvalue weighted by molar-refractivity contribution is -0.141. The van der Waals surface area contributed by atoms with Crippen LogP contribution < -0.4 is 10.6 Å². The number of amides is 1. The molecule has 0 spiro atoms. The molecule has 0 radical (unpaired) electrons. The summed E-state index contributed by atoms with van der Waals surface area (Å²) in [4.78, 5) is 23.2. The first-order valence-electron chi connectivity index (χ1n) is 8.30. The molecule has 3 N–H and O–H groups in total. The SMILES string of the molecule is CC[C@H](C)[C@H](NCC(=O)NC1CCCCCCC1)C(=O)O. The zero-order valence-electron chi connectivity index (χ0n) is 13.4. The number of nitrogens with one attached hydrogen (secondary N) is 2. The number of carboxylic acid groups (broad SMARTS) is 1. The fourth-order valence-electron chi connectivity index (χ4n) is 2.85. The average molecular weight is 298 g/mol. The lowest BCUT2D eigenvalue weighted by Gasteiger charge is -2.23. The molecular formula is C16H30N2O3. The predicted molar refractivity (Wildman–Crippen MR) is 83.1 cm³/mol. The Morgan fingerprint density at radius 1 is 1.14 bits per heavy atom. The number of hydrogen-bond donors (Lipinski definition) is 3. The van der Waals surface area contributed by atoms with Crippen molar-refractivity contribution in [2.75, 3.05) is 6.54 Å². The number of rotatable bonds is 7.